The van der Waals surface area contributed by atoms with E-state index in [4.69, 9.17) is 9.15 Å². The third-order valence-electron chi connectivity index (χ3n) is 4.86. The van der Waals surface area contributed by atoms with Gasteiger partial charge in [-0.25, -0.2) is 0 Å². The summed E-state index contributed by atoms with van der Waals surface area (Å²) in [7, 11) is 0. The number of rotatable bonds is 7. The van der Waals surface area contributed by atoms with Crippen LogP contribution in [-0.2, 0) is 11.3 Å². The molecule has 0 aliphatic heterocycles. The normalized spacial score (nSPS) is 11.6. The highest BCUT2D eigenvalue weighted by atomic mass is 16.5. The van der Waals surface area contributed by atoms with Crippen LogP contribution in [-0.4, -0.2) is 17.9 Å². The maximum Gasteiger partial charge on any atom is 0.265 e. The number of furan rings is 1. The van der Waals surface area contributed by atoms with Crippen molar-refractivity contribution in [1.82, 2.24) is 5.32 Å². The Morgan fingerprint density at radius 1 is 0.935 bits per heavy atom. The third kappa shape index (κ3) is 4.75. The molecule has 1 atom stereocenters. The molecule has 0 saturated heterocycles. The van der Waals surface area contributed by atoms with Gasteiger partial charge in [0.1, 0.15) is 11.5 Å². The average Bonchev–Trinajstić information content (AvgIpc) is 3.32. The lowest BCUT2D eigenvalue weighted by Gasteiger charge is -2.17. The number of hydrogen-bond acceptors (Lipinski definition) is 4. The summed E-state index contributed by atoms with van der Waals surface area (Å²) in [5, 5.41) is 7.56. The van der Waals surface area contributed by atoms with Crippen molar-refractivity contribution in [3.05, 3.63) is 96.4 Å². The van der Waals surface area contributed by atoms with Crippen LogP contribution in [0.4, 0.5) is 5.69 Å². The van der Waals surface area contributed by atoms with Gasteiger partial charge in [-0.05, 0) is 42.6 Å². The first-order chi connectivity index (χ1) is 15.1. The summed E-state index contributed by atoms with van der Waals surface area (Å²) in [6.07, 6.45) is 0.789. The Hall–Kier alpha value is -4.06. The Morgan fingerprint density at radius 2 is 1.71 bits per heavy atom. The molecule has 0 spiro atoms. The zero-order valence-corrected chi connectivity index (χ0v) is 17.0. The van der Waals surface area contributed by atoms with Gasteiger partial charge in [-0.3, -0.25) is 9.59 Å². The Balaban J connectivity index is 1.45. The fourth-order valence-electron chi connectivity index (χ4n) is 3.24. The Kier molecular flexibility index (Phi) is 5.98. The number of fused-ring (bicyclic) bond motifs is 1. The van der Waals surface area contributed by atoms with Gasteiger partial charge in [0.2, 0.25) is 0 Å². The van der Waals surface area contributed by atoms with Crippen molar-refractivity contribution in [2.75, 3.05) is 5.32 Å². The molecule has 6 nitrogen and oxygen atoms in total. The molecule has 4 rings (SSSR count). The molecule has 4 aromatic rings. The third-order valence-corrected chi connectivity index (χ3v) is 4.86. The number of ether oxygens (including phenoxy) is 1. The van der Waals surface area contributed by atoms with E-state index in [1.54, 1.807) is 49.6 Å². The lowest BCUT2D eigenvalue weighted by atomic mass is 10.1. The summed E-state index contributed by atoms with van der Waals surface area (Å²) >= 11 is 0. The van der Waals surface area contributed by atoms with E-state index >= 15 is 0 Å². The van der Waals surface area contributed by atoms with Gasteiger partial charge in [0, 0.05) is 5.39 Å². The predicted octanol–water partition coefficient (Wildman–Crippen LogP) is 4.77. The first-order valence-electron chi connectivity index (χ1n) is 9.97. The first kappa shape index (κ1) is 20.2. The molecule has 31 heavy (non-hydrogen) atoms. The molecule has 3 aromatic carbocycles. The largest absolute Gasteiger partial charge is 0.480 e. The van der Waals surface area contributed by atoms with Gasteiger partial charge < -0.3 is 19.8 Å². The Bertz CT molecular complexity index is 1200. The predicted molar refractivity (Wildman–Crippen MR) is 119 cm³/mol. The van der Waals surface area contributed by atoms with Gasteiger partial charge in [0.25, 0.3) is 11.8 Å². The molecule has 1 aromatic heterocycles. The molecular weight excluding hydrogens is 392 g/mol. The SMILES string of the molecule is C[C@H](Oc1cccc2ccccc12)C(=O)Nc1ccccc1C(=O)NCc1ccco1. The summed E-state index contributed by atoms with van der Waals surface area (Å²) in [6.45, 7) is 1.94. The molecule has 2 N–H and O–H groups in total. The first-order valence-corrected chi connectivity index (χ1v) is 9.97. The molecule has 0 saturated carbocycles. The van der Waals surface area contributed by atoms with Crippen molar-refractivity contribution in [2.45, 2.75) is 19.6 Å². The molecule has 6 heteroatoms. The molecule has 0 aliphatic carbocycles. The standard InChI is InChI=1S/C25H22N2O4/c1-17(31-23-14-6-9-18-8-2-3-11-20(18)23)24(28)27-22-13-5-4-12-21(22)25(29)26-16-19-10-7-15-30-19/h2-15,17H,16H2,1H3,(H,26,29)(H,27,28)/t17-/m0/s1. The topological polar surface area (TPSA) is 80.6 Å². The highest BCUT2D eigenvalue weighted by Crippen LogP contribution is 2.26. The second-order valence-electron chi connectivity index (χ2n) is 7.03. The maximum absolute atomic E-state index is 12.8. The smallest absolute Gasteiger partial charge is 0.265 e. The monoisotopic (exact) mass is 414 g/mol. The van der Waals surface area contributed by atoms with E-state index in [0.717, 1.165) is 10.8 Å². The van der Waals surface area contributed by atoms with Crippen molar-refractivity contribution in [2.24, 2.45) is 0 Å². The van der Waals surface area contributed by atoms with E-state index in [-0.39, 0.29) is 18.4 Å². The lowest BCUT2D eigenvalue weighted by molar-refractivity contribution is -0.122. The summed E-state index contributed by atoms with van der Waals surface area (Å²) in [5.41, 5.74) is 0.776. The van der Waals surface area contributed by atoms with E-state index in [9.17, 15) is 9.59 Å². The van der Waals surface area contributed by atoms with Gasteiger partial charge in [0.15, 0.2) is 6.10 Å². The average molecular weight is 414 g/mol. The van der Waals surface area contributed by atoms with Gasteiger partial charge in [-0.1, -0.05) is 48.5 Å². The van der Waals surface area contributed by atoms with Crippen LogP contribution in [0.15, 0.2) is 89.5 Å². The number of nitrogens with one attached hydrogen (secondary N) is 2. The summed E-state index contributed by atoms with van der Waals surface area (Å²) in [5.74, 6) is 0.617. The molecule has 0 unspecified atom stereocenters. The number of hydrogen-bond donors (Lipinski definition) is 2. The molecule has 156 valence electrons. The zero-order valence-electron chi connectivity index (χ0n) is 17.0. The minimum absolute atomic E-state index is 0.259. The van der Waals surface area contributed by atoms with Crippen LogP contribution in [0, 0.1) is 0 Å². The van der Waals surface area contributed by atoms with E-state index < -0.39 is 6.10 Å². The zero-order chi connectivity index (χ0) is 21.6. The van der Waals surface area contributed by atoms with E-state index in [1.165, 1.54) is 0 Å². The molecule has 0 aliphatic rings. The van der Waals surface area contributed by atoms with Crippen LogP contribution in [0.3, 0.4) is 0 Å². The van der Waals surface area contributed by atoms with E-state index in [0.29, 0.717) is 22.8 Å². The van der Waals surface area contributed by atoms with Crippen molar-refractivity contribution in [3.63, 3.8) is 0 Å². The Morgan fingerprint density at radius 3 is 2.55 bits per heavy atom. The molecule has 0 bridgehead atoms. The van der Waals surface area contributed by atoms with Crippen LogP contribution in [0.25, 0.3) is 10.8 Å². The van der Waals surface area contributed by atoms with Crippen LogP contribution >= 0.6 is 0 Å². The summed E-state index contributed by atoms with van der Waals surface area (Å²) in [4.78, 5) is 25.4. The summed E-state index contributed by atoms with van der Waals surface area (Å²) < 4.78 is 11.2. The number of benzene rings is 3. The van der Waals surface area contributed by atoms with Crippen LogP contribution < -0.4 is 15.4 Å². The Labute approximate surface area is 179 Å². The summed E-state index contributed by atoms with van der Waals surface area (Å²) in [6, 6.07) is 23.9. The second kappa shape index (κ2) is 9.17. The van der Waals surface area contributed by atoms with E-state index in [1.807, 2.05) is 42.5 Å². The fourth-order valence-corrected chi connectivity index (χ4v) is 3.24. The van der Waals surface area contributed by atoms with Crippen LogP contribution in [0.5, 0.6) is 5.75 Å². The van der Waals surface area contributed by atoms with Gasteiger partial charge in [0.05, 0.1) is 24.1 Å². The van der Waals surface area contributed by atoms with Crippen molar-refractivity contribution in [1.29, 1.82) is 0 Å². The van der Waals surface area contributed by atoms with Gasteiger partial charge >= 0.3 is 0 Å². The fraction of sp³-hybridized carbons (Fsp3) is 0.120. The van der Waals surface area contributed by atoms with Crippen molar-refractivity contribution < 1.29 is 18.7 Å². The van der Waals surface area contributed by atoms with Crippen molar-refractivity contribution >= 4 is 28.3 Å². The lowest BCUT2D eigenvalue weighted by Crippen LogP contribution is -2.31. The van der Waals surface area contributed by atoms with Crippen LogP contribution in [0.2, 0.25) is 0 Å². The highest BCUT2D eigenvalue weighted by Gasteiger charge is 2.19. The number of para-hydroxylation sites is 1. The molecule has 0 radical (unpaired) electrons. The minimum atomic E-state index is -0.759. The molecule has 0 fully saturated rings. The van der Waals surface area contributed by atoms with E-state index in [2.05, 4.69) is 10.6 Å². The van der Waals surface area contributed by atoms with Gasteiger partial charge in [-0.2, -0.15) is 0 Å². The quantitative estimate of drug-likeness (QED) is 0.457. The van der Waals surface area contributed by atoms with Gasteiger partial charge in [-0.15, -0.1) is 0 Å². The number of carbonyl (C=O) groups excluding carboxylic acids is 2. The number of amides is 2. The molecular formula is C25H22N2O4. The highest BCUT2D eigenvalue weighted by molar-refractivity contribution is 6.04. The van der Waals surface area contributed by atoms with Crippen molar-refractivity contribution in [3.8, 4) is 5.75 Å². The molecule has 2 amide bonds. The maximum atomic E-state index is 12.8. The van der Waals surface area contributed by atoms with Crippen LogP contribution in [0.1, 0.15) is 23.0 Å². The molecule has 1 heterocycles. The minimum Gasteiger partial charge on any atom is -0.480 e. The number of anilines is 1. The number of carbonyl (C=O) groups is 2. The second-order valence-corrected chi connectivity index (χ2v) is 7.03.